The van der Waals surface area contributed by atoms with E-state index in [9.17, 15) is 13.2 Å². The first-order chi connectivity index (χ1) is 13.9. The number of sulfonamides is 1. The van der Waals surface area contributed by atoms with Gasteiger partial charge in [0.15, 0.2) is 0 Å². The zero-order valence-corrected chi connectivity index (χ0v) is 18.8. The van der Waals surface area contributed by atoms with Crippen LogP contribution in [0.2, 0.25) is 0 Å². The molecule has 0 aliphatic rings. The molecule has 1 unspecified atom stereocenters. The number of rotatable bonds is 9. The summed E-state index contributed by atoms with van der Waals surface area (Å²) in [5, 5.41) is 3.99. The molecule has 0 fully saturated rings. The van der Waals surface area contributed by atoms with Crippen LogP contribution in [0.3, 0.4) is 0 Å². The van der Waals surface area contributed by atoms with Crippen molar-refractivity contribution in [2.45, 2.75) is 44.3 Å². The Hall–Kier alpha value is -2.00. The predicted octanol–water partition coefficient (Wildman–Crippen LogP) is 4.73. The van der Waals surface area contributed by atoms with Crippen molar-refractivity contribution in [2.24, 2.45) is 0 Å². The highest BCUT2D eigenvalue weighted by Crippen LogP contribution is 2.20. The fourth-order valence-corrected chi connectivity index (χ4v) is 5.52. The lowest BCUT2D eigenvalue weighted by Gasteiger charge is -2.22. The Morgan fingerprint density at radius 1 is 1.00 bits per heavy atom. The first kappa shape index (κ1) is 21.7. The second-order valence-electron chi connectivity index (χ2n) is 6.77. The first-order valence-corrected chi connectivity index (χ1v) is 12.6. The minimum absolute atomic E-state index is 0.120. The maximum atomic E-state index is 13.2. The molecule has 0 aliphatic carbocycles. The molecule has 0 radical (unpaired) electrons. The Morgan fingerprint density at radius 2 is 1.55 bits per heavy atom. The van der Waals surface area contributed by atoms with Crippen LogP contribution in [0.1, 0.15) is 40.4 Å². The smallest absolute Gasteiger partial charge is 0.254 e. The van der Waals surface area contributed by atoms with Gasteiger partial charge in [-0.1, -0.05) is 19.1 Å². The number of nitrogens with one attached hydrogen (secondary N) is 1. The molecule has 0 spiro atoms. The summed E-state index contributed by atoms with van der Waals surface area (Å²) in [5.41, 5.74) is 0.473. The molecular formula is C21H24N2O3S3. The molecule has 154 valence electrons. The molecule has 29 heavy (non-hydrogen) atoms. The van der Waals surface area contributed by atoms with Crippen LogP contribution in [0.25, 0.3) is 0 Å². The third kappa shape index (κ3) is 5.76. The van der Waals surface area contributed by atoms with Gasteiger partial charge in [-0.3, -0.25) is 4.79 Å². The first-order valence-electron chi connectivity index (χ1n) is 9.35. The molecule has 1 atom stereocenters. The van der Waals surface area contributed by atoms with Crippen LogP contribution < -0.4 is 4.72 Å². The topological polar surface area (TPSA) is 66.5 Å². The van der Waals surface area contributed by atoms with Crippen molar-refractivity contribution in [1.29, 1.82) is 0 Å². The van der Waals surface area contributed by atoms with Gasteiger partial charge >= 0.3 is 0 Å². The SMILES string of the molecule is CCC(C)NS(=O)(=O)c1ccc(C(=O)N(Cc2cccs2)Cc2cccs2)cc1. The molecule has 3 rings (SSSR count). The van der Waals surface area contributed by atoms with E-state index in [1.807, 2.05) is 48.9 Å². The van der Waals surface area contributed by atoms with Crippen molar-refractivity contribution in [3.05, 3.63) is 74.6 Å². The lowest BCUT2D eigenvalue weighted by atomic mass is 10.2. The summed E-state index contributed by atoms with van der Waals surface area (Å²) in [6.45, 7) is 4.78. The molecule has 0 bridgehead atoms. The molecule has 1 aromatic carbocycles. The summed E-state index contributed by atoms with van der Waals surface area (Å²) in [5.74, 6) is -0.120. The molecule has 1 N–H and O–H groups in total. The van der Waals surface area contributed by atoms with E-state index in [0.717, 1.165) is 9.75 Å². The highest BCUT2D eigenvalue weighted by Gasteiger charge is 2.20. The highest BCUT2D eigenvalue weighted by molar-refractivity contribution is 7.89. The second-order valence-corrected chi connectivity index (χ2v) is 10.6. The minimum Gasteiger partial charge on any atom is -0.328 e. The standard InChI is InChI=1S/C21H24N2O3S3/c1-3-16(2)22-29(25,26)20-10-8-17(9-11-20)21(24)23(14-18-6-4-12-27-18)15-19-7-5-13-28-19/h4-13,16,22H,3,14-15H2,1-2H3. The summed E-state index contributed by atoms with van der Waals surface area (Å²) < 4.78 is 27.5. The van der Waals surface area contributed by atoms with Crippen LogP contribution in [0.15, 0.2) is 64.2 Å². The summed E-state index contributed by atoms with van der Waals surface area (Å²) in [6.07, 6.45) is 0.705. The molecule has 0 saturated carbocycles. The third-order valence-electron chi connectivity index (χ3n) is 4.52. The Balaban J connectivity index is 1.80. The van der Waals surface area contributed by atoms with Crippen molar-refractivity contribution >= 4 is 38.6 Å². The zero-order valence-electron chi connectivity index (χ0n) is 16.4. The molecule has 2 aromatic heterocycles. The maximum absolute atomic E-state index is 13.2. The molecule has 3 aromatic rings. The Bertz CT molecular complexity index is 976. The Morgan fingerprint density at radius 3 is 2.00 bits per heavy atom. The molecule has 2 heterocycles. The summed E-state index contributed by atoms with van der Waals surface area (Å²) >= 11 is 3.22. The zero-order chi connectivity index (χ0) is 20.9. The van der Waals surface area contributed by atoms with Crippen molar-refractivity contribution < 1.29 is 13.2 Å². The lowest BCUT2D eigenvalue weighted by molar-refractivity contribution is 0.0733. The van der Waals surface area contributed by atoms with Gasteiger partial charge in [0, 0.05) is 21.4 Å². The number of carbonyl (C=O) groups is 1. The average Bonchev–Trinajstić information content (AvgIpc) is 3.41. The Labute approximate surface area is 180 Å². The summed E-state index contributed by atoms with van der Waals surface area (Å²) in [6, 6.07) is 14.0. The fourth-order valence-electron chi connectivity index (χ4n) is 2.76. The van der Waals surface area contributed by atoms with Crippen molar-refractivity contribution in [3.63, 3.8) is 0 Å². The van der Waals surface area contributed by atoms with Gasteiger partial charge in [0.1, 0.15) is 0 Å². The van der Waals surface area contributed by atoms with Gasteiger partial charge in [0.05, 0.1) is 18.0 Å². The molecule has 1 amide bonds. The fraction of sp³-hybridized carbons (Fsp3) is 0.286. The number of amides is 1. The van der Waals surface area contributed by atoms with Crippen LogP contribution in [-0.4, -0.2) is 25.3 Å². The van der Waals surface area contributed by atoms with Gasteiger partial charge in [0.2, 0.25) is 10.0 Å². The predicted molar refractivity (Wildman–Crippen MR) is 119 cm³/mol. The van der Waals surface area contributed by atoms with Gasteiger partial charge in [-0.05, 0) is 60.5 Å². The van der Waals surface area contributed by atoms with E-state index in [-0.39, 0.29) is 16.8 Å². The average molecular weight is 449 g/mol. The van der Waals surface area contributed by atoms with Gasteiger partial charge in [-0.2, -0.15) is 0 Å². The molecule has 0 aliphatic heterocycles. The van der Waals surface area contributed by atoms with E-state index in [2.05, 4.69) is 4.72 Å². The number of benzene rings is 1. The lowest BCUT2D eigenvalue weighted by Crippen LogP contribution is -2.32. The quantitative estimate of drug-likeness (QED) is 0.515. The summed E-state index contributed by atoms with van der Waals surface area (Å²) in [7, 11) is -3.59. The number of thiophene rings is 2. The molecule has 0 saturated heterocycles. The van der Waals surface area contributed by atoms with Crippen LogP contribution >= 0.6 is 22.7 Å². The minimum atomic E-state index is -3.59. The number of hydrogen-bond acceptors (Lipinski definition) is 5. The molecular weight excluding hydrogens is 424 g/mol. The van der Waals surface area contributed by atoms with Crippen molar-refractivity contribution in [2.75, 3.05) is 0 Å². The van der Waals surface area contributed by atoms with Gasteiger partial charge in [-0.25, -0.2) is 13.1 Å². The van der Waals surface area contributed by atoms with E-state index in [1.165, 1.54) is 12.1 Å². The van der Waals surface area contributed by atoms with Crippen LogP contribution in [0, 0.1) is 0 Å². The van der Waals surface area contributed by atoms with E-state index in [1.54, 1.807) is 39.7 Å². The maximum Gasteiger partial charge on any atom is 0.254 e. The Kier molecular flexibility index (Phi) is 7.23. The van der Waals surface area contributed by atoms with Crippen LogP contribution in [-0.2, 0) is 23.1 Å². The van der Waals surface area contributed by atoms with Crippen LogP contribution in [0.4, 0.5) is 0 Å². The molecule has 8 heteroatoms. The molecule has 5 nitrogen and oxygen atoms in total. The van der Waals surface area contributed by atoms with E-state index in [4.69, 9.17) is 0 Å². The van der Waals surface area contributed by atoms with Gasteiger partial charge < -0.3 is 4.90 Å². The van der Waals surface area contributed by atoms with Crippen LogP contribution in [0.5, 0.6) is 0 Å². The second kappa shape index (κ2) is 9.67. The van der Waals surface area contributed by atoms with E-state index < -0.39 is 10.0 Å². The van der Waals surface area contributed by atoms with Crippen molar-refractivity contribution in [1.82, 2.24) is 9.62 Å². The number of carbonyl (C=O) groups excluding carboxylic acids is 1. The number of hydrogen-bond donors (Lipinski definition) is 1. The normalized spacial score (nSPS) is 12.6. The number of nitrogens with zero attached hydrogens (tertiary/aromatic N) is 1. The van der Waals surface area contributed by atoms with Gasteiger partial charge in [-0.15, -0.1) is 22.7 Å². The van der Waals surface area contributed by atoms with Crippen molar-refractivity contribution in [3.8, 4) is 0 Å². The van der Waals surface area contributed by atoms with E-state index in [0.29, 0.717) is 25.1 Å². The largest absolute Gasteiger partial charge is 0.328 e. The van der Waals surface area contributed by atoms with Gasteiger partial charge in [0.25, 0.3) is 5.91 Å². The highest BCUT2D eigenvalue weighted by atomic mass is 32.2. The third-order valence-corrected chi connectivity index (χ3v) is 7.85. The summed E-state index contributed by atoms with van der Waals surface area (Å²) in [4.78, 5) is 17.3. The van der Waals surface area contributed by atoms with E-state index >= 15 is 0 Å². The monoisotopic (exact) mass is 448 g/mol.